The van der Waals surface area contributed by atoms with E-state index in [0.717, 1.165) is 28.8 Å². The molecule has 3 rings (SSSR count). The van der Waals surface area contributed by atoms with E-state index in [1.807, 2.05) is 12.1 Å². The first kappa shape index (κ1) is 14.8. The Morgan fingerprint density at radius 3 is 2.77 bits per heavy atom. The maximum Gasteiger partial charge on any atom is 0.341 e. The first-order valence-corrected chi connectivity index (χ1v) is 8.12. The maximum absolute atomic E-state index is 12.3. The van der Waals surface area contributed by atoms with Crippen LogP contribution in [-0.2, 0) is 22.4 Å². The number of hydrogen-bond acceptors (Lipinski definition) is 4. The van der Waals surface area contributed by atoms with E-state index in [0.29, 0.717) is 17.2 Å². The molecule has 0 unspecified atom stereocenters. The van der Waals surface area contributed by atoms with Crippen molar-refractivity contribution in [1.29, 1.82) is 0 Å². The molecule has 0 spiro atoms. The summed E-state index contributed by atoms with van der Waals surface area (Å²) >= 11 is 1.45. The quantitative estimate of drug-likeness (QED) is 0.880. The molecule has 0 bridgehead atoms. The smallest absolute Gasteiger partial charge is 0.341 e. The van der Waals surface area contributed by atoms with Crippen molar-refractivity contribution in [2.75, 3.05) is 11.9 Å². The first-order chi connectivity index (χ1) is 10.6. The van der Waals surface area contributed by atoms with Crippen molar-refractivity contribution < 1.29 is 14.3 Å². The number of thiophene rings is 1. The van der Waals surface area contributed by atoms with Gasteiger partial charge in [-0.05, 0) is 36.5 Å². The van der Waals surface area contributed by atoms with Gasteiger partial charge in [0.05, 0.1) is 12.2 Å². The van der Waals surface area contributed by atoms with Crippen LogP contribution in [-0.4, -0.2) is 18.5 Å². The summed E-state index contributed by atoms with van der Waals surface area (Å²) in [4.78, 5) is 24.8. The van der Waals surface area contributed by atoms with E-state index in [1.165, 1.54) is 23.8 Å². The molecule has 114 valence electrons. The van der Waals surface area contributed by atoms with E-state index in [2.05, 4.69) is 17.4 Å². The number of fused-ring (bicyclic) bond motifs is 3. The van der Waals surface area contributed by atoms with Gasteiger partial charge >= 0.3 is 5.97 Å². The SMILES string of the molecule is CCOC(=O)c1c(NC(C)=O)sc2c1CCc1ccccc1-2. The molecule has 1 aromatic heterocycles. The largest absolute Gasteiger partial charge is 0.462 e. The Balaban J connectivity index is 2.16. The molecule has 1 N–H and O–H groups in total. The summed E-state index contributed by atoms with van der Waals surface area (Å²) in [5, 5.41) is 3.37. The van der Waals surface area contributed by atoms with Crippen LogP contribution in [0.3, 0.4) is 0 Å². The fraction of sp³-hybridized carbons (Fsp3) is 0.294. The number of ether oxygens (including phenoxy) is 1. The van der Waals surface area contributed by atoms with Crippen molar-refractivity contribution in [3.8, 4) is 10.4 Å². The minimum atomic E-state index is -0.358. The Morgan fingerprint density at radius 2 is 2.05 bits per heavy atom. The van der Waals surface area contributed by atoms with Crippen LogP contribution in [0.25, 0.3) is 10.4 Å². The Morgan fingerprint density at radius 1 is 1.27 bits per heavy atom. The zero-order valence-corrected chi connectivity index (χ0v) is 13.4. The normalized spacial score (nSPS) is 12.3. The summed E-state index contributed by atoms with van der Waals surface area (Å²) in [5.74, 6) is -0.541. The molecule has 4 nitrogen and oxygen atoms in total. The van der Waals surface area contributed by atoms with E-state index in [4.69, 9.17) is 4.74 Å². The number of amides is 1. The molecule has 22 heavy (non-hydrogen) atoms. The number of aryl methyl sites for hydroxylation is 1. The minimum absolute atomic E-state index is 0.183. The average Bonchev–Trinajstić information content (AvgIpc) is 2.85. The van der Waals surface area contributed by atoms with Crippen LogP contribution in [0.1, 0.15) is 35.3 Å². The Hall–Kier alpha value is -2.14. The van der Waals surface area contributed by atoms with E-state index in [9.17, 15) is 9.59 Å². The molecule has 0 saturated heterocycles. The van der Waals surface area contributed by atoms with Crippen LogP contribution >= 0.6 is 11.3 Å². The van der Waals surface area contributed by atoms with Crippen molar-refractivity contribution in [2.45, 2.75) is 26.7 Å². The molecule has 1 amide bonds. The zero-order chi connectivity index (χ0) is 15.7. The van der Waals surface area contributed by atoms with Crippen molar-refractivity contribution in [3.63, 3.8) is 0 Å². The van der Waals surface area contributed by atoms with E-state index in [-0.39, 0.29) is 11.9 Å². The number of carbonyl (C=O) groups excluding carboxylic acids is 2. The van der Waals surface area contributed by atoms with Gasteiger partial charge in [0.2, 0.25) is 5.91 Å². The predicted octanol–water partition coefficient (Wildman–Crippen LogP) is 3.65. The molecular weight excluding hydrogens is 298 g/mol. The highest BCUT2D eigenvalue weighted by molar-refractivity contribution is 7.20. The van der Waals surface area contributed by atoms with Crippen molar-refractivity contribution in [1.82, 2.24) is 0 Å². The molecule has 0 fully saturated rings. The Bertz CT molecular complexity index is 748. The third-order valence-corrected chi connectivity index (χ3v) is 4.86. The maximum atomic E-state index is 12.3. The number of esters is 1. The molecule has 1 heterocycles. The lowest BCUT2D eigenvalue weighted by molar-refractivity contribution is -0.114. The molecule has 1 aliphatic rings. The van der Waals surface area contributed by atoms with Crippen LogP contribution in [0.15, 0.2) is 24.3 Å². The van der Waals surface area contributed by atoms with Gasteiger partial charge in [-0.3, -0.25) is 4.79 Å². The fourth-order valence-electron chi connectivity index (χ4n) is 2.81. The highest BCUT2D eigenvalue weighted by Crippen LogP contribution is 2.45. The topological polar surface area (TPSA) is 55.4 Å². The van der Waals surface area contributed by atoms with Gasteiger partial charge in [0.1, 0.15) is 5.00 Å². The predicted molar refractivity (Wildman–Crippen MR) is 87.4 cm³/mol. The zero-order valence-electron chi connectivity index (χ0n) is 12.6. The van der Waals surface area contributed by atoms with Gasteiger partial charge in [-0.15, -0.1) is 11.3 Å². The molecular formula is C17H17NO3S. The number of rotatable bonds is 3. The summed E-state index contributed by atoms with van der Waals surface area (Å²) in [6.07, 6.45) is 1.68. The monoisotopic (exact) mass is 315 g/mol. The lowest BCUT2D eigenvalue weighted by Gasteiger charge is -2.16. The van der Waals surface area contributed by atoms with Crippen LogP contribution in [0.4, 0.5) is 5.00 Å². The number of carbonyl (C=O) groups is 2. The third kappa shape index (κ3) is 2.52. The molecule has 0 radical (unpaired) electrons. The lowest BCUT2D eigenvalue weighted by Crippen LogP contribution is -2.13. The summed E-state index contributed by atoms with van der Waals surface area (Å²) < 4.78 is 5.18. The number of hydrogen-bond donors (Lipinski definition) is 1. The standard InChI is InChI=1S/C17H17NO3S/c1-3-21-17(20)14-13-9-8-11-6-4-5-7-12(11)15(13)22-16(14)18-10(2)19/h4-7H,3,8-9H2,1-2H3,(H,18,19). The Kier molecular flexibility index (Phi) is 3.98. The van der Waals surface area contributed by atoms with Gasteiger partial charge in [-0.1, -0.05) is 24.3 Å². The highest BCUT2D eigenvalue weighted by atomic mass is 32.1. The second kappa shape index (κ2) is 5.93. The molecule has 2 aromatic rings. The molecule has 0 saturated carbocycles. The van der Waals surface area contributed by atoms with Crippen molar-refractivity contribution >= 4 is 28.2 Å². The number of benzene rings is 1. The van der Waals surface area contributed by atoms with Crippen LogP contribution < -0.4 is 5.32 Å². The summed E-state index contributed by atoms with van der Waals surface area (Å²) in [5.41, 5.74) is 3.94. The summed E-state index contributed by atoms with van der Waals surface area (Å²) in [6.45, 7) is 3.55. The average molecular weight is 315 g/mol. The van der Waals surface area contributed by atoms with Gasteiger partial charge in [0.25, 0.3) is 0 Å². The summed E-state index contributed by atoms with van der Waals surface area (Å²) in [6, 6.07) is 8.20. The van der Waals surface area contributed by atoms with E-state index in [1.54, 1.807) is 6.92 Å². The molecule has 1 aromatic carbocycles. The molecule has 1 aliphatic carbocycles. The molecule has 0 aliphatic heterocycles. The van der Waals surface area contributed by atoms with Crippen LogP contribution in [0, 0.1) is 0 Å². The summed E-state index contributed by atoms with van der Waals surface area (Å²) in [7, 11) is 0. The third-order valence-electron chi connectivity index (χ3n) is 3.68. The molecule has 5 heteroatoms. The fourth-order valence-corrected chi connectivity index (χ4v) is 4.15. The highest BCUT2D eigenvalue weighted by Gasteiger charge is 2.29. The minimum Gasteiger partial charge on any atom is -0.462 e. The lowest BCUT2D eigenvalue weighted by atomic mass is 9.89. The van der Waals surface area contributed by atoms with Crippen molar-refractivity contribution in [3.05, 3.63) is 41.0 Å². The van der Waals surface area contributed by atoms with Crippen molar-refractivity contribution in [2.24, 2.45) is 0 Å². The molecule has 0 atom stereocenters. The van der Waals surface area contributed by atoms with Gasteiger partial charge in [0.15, 0.2) is 0 Å². The van der Waals surface area contributed by atoms with Gasteiger partial charge < -0.3 is 10.1 Å². The second-order valence-corrected chi connectivity index (χ2v) is 6.19. The number of nitrogens with one attached hydrogen (secondary N) is 1. The Labute approximate surface area is 133 Å². The number of anilines is 1. The van der Waals surface area contributed by atoms with Crippen LogP contribution in [0.5, 0.6) is 0 Å². The van der Waals surface area contributed by atoms with Gasteiger partial charge in [0, 0.05) is 11.8 Å². The van der Waals surface area contributed by atoms with E-state index < -0.39 is 0 Å². The second-order valence-electron chi connectivity index (χ2n) is 5.17. The van der Waals surface area contributed by atoms with Gasteiger partial charge in [-0.25, -0.2) is 4.79 Å². The van der Waals surface area contributed by atoms with Crippen LogP contribution in [0.2, 0.25) is 0 Å². The van der Waals surface area contributed by atoms with E-state index >= 15 is 0 Å². The first-order valence-electron chi connectivity index (χ1n) is 7.30. The van der Waals surface area contributed by atoms with Gasteiger partial charge in [-0.2, -0.15) is 0 Å².